The summed E-state index contributed by atoms with van der Waals surface area (Å²) in [5, 5.41) is 2.96. The molecule has 1 nitrogen and oxygen atoms in total. The number of unbranched alkanes of at least 4 members (excludes halogenated alkanes) is 1. The first-order valence-corrected chi connectivity index (χ1v) is 4.27. The highest BCUT2D eigenvalue weighted by Crippen LogP contribution is 2.21. The van der Waals surface area contributed by atoms with E-state index in [0.717, 1.165) is 0 Å². The normalized spacial score (nSPS) is 11.2. The number of nitrogens with one attached hydrogen (secondary N) is 1. The van der Waals surface area contributed by atoms with Crippen molar-refractivity contribution in [2.75, 3.05) is 13.1 Å². The third-order valence-corrected chi connectivity index (χ3v) is 1.51. The third-order valence-electron chi connectivity index (χ3n) is 1.51. The first-order chi connectivity index (χ1) is 6.06. The topological polar surface area (TPSA) is 12.0 Å². The van der Waals surface area contributed by atoms with Gasteiger partial charge in [-0.1, -0.05) is 0 Å². The quantitative estimate of drug-likeness (QED) is 0.504. The van der Waals surface area contributed by atoms with Crippen LogP contribution in [-0.4, -0.2) is 19.3 Å². The molecular weight excluding hydrogens is 179 g/mol. The minimum atomic E-state index is -4.02. The maximum absolute atomic E-state index is 11.6. The lowest BCUT2D eigenvalue weighted by molar-refractivity contribution is -0.135. The van der Waals surface area contributed by atoms with Gasteiger partial charge in [-0.2, -0.15) is 13.2 Å². The molecule has 0 aromatic heterocycles. The first kappa shape index (κ1) is 12.3. The van der Waals surface area contributed by atoms with Gasteiger partial charge < -0.3 is 5.32 Å². The predicted octanol–water partition coefficient (Wildman–Crippen LogP) is 2.33. The standard InChI is InChI=1S/C9H14F3N/c1-2-3-7-13-8-5-4-6-9(10,11)12/h1,13H,3-8H2. The van der Waals surface area contributed by atoms with E-state index in [1.165, 1.54) is 0 Å². The monoisotopic (exact) mass is 193 g/mol. The summed E-state index contributed by atoms with van der Waals surface area (Å²) < 4.78 is 34.9. The number of rotatable bonds is 6. The molecule has 0 aliphatic rings. The highest BCUT2D eigenvalue weighted by molar-refractivity contribution is 4.83. The molecule has 4 heteroatoms. The Morgan fingerprint density at radius 1 is 1.15 bits per heavy atom. The van der Waals surface area contributed by atoms with E-state index in [9.17, 15) is 13.2 Å². The van der Waals surface area contributed by atoms with E-state index in [2.05, 4.69) is 11.2 Å². The maximum atomic E-state index is 11.6. The van der Waals surface area contributed by atoms with Gasteiger partial charge in [0.15, 0.2) is 0 Å². The van der Waals surface area contributed by atoms with Crippen molar-refractivity contribution in [1.29, 1.82) is 0 Å². The van der Waals surface area contributed by atoms with Gasteiger partial charge in [-0.3, -0.25) is 0 Å². The smallest absolute Gasteiger partial charge is 0.316 e. The van der Waals surface area contributed by atoms with Gasteiger partial charge in [0, 0.05) is 19.4 Å². The van der Waals surface area contributed by atoms with Gasteiger partial charge in [-0.05, 0) is 19.4 Å². The van der Waals surface area contributed by atoms with Crippen LogP contribution in [0.4, 0.5) is 13.2 Å². The van der Waals surface area contributed by atoms with Crippen molar-refractivity contribution in [3.8, 4) is 12.3 Å². The summed E-state index contributed by atoms with van der Waals surface area (Å²) in [5.74, 6) is 2.44. The molecule has 0 bridgehead atoms. The Labute approximate surface area is 76.7 Å². The van der Waals surface area contributed by atoms with E-state index in [-0.39, 0.29) is 6.42 Å². The van der Waals surface area contributed by atoms with E-state index in [4.69, 9.17) is 6.42 Å². The summed E-state index contributed by atoms with van der Waals surface area (Å²) in [4.78, 5) is 0. The minimum absolute atomic E-state index is 0.187. The van der Waals surface area contributed by atoms with Crippen LogP contribution in [0.1, 0.15) is 25.7 Å². The molecule has 0 saturated heterocycles. The molecule has 0 fully saturated rings. The SMILES string of the molecule is C#CCCNCCCCC(F)(F)F. The summed E-state index contributed by atoms with van der Waals surface area (Å²) in [7, 11) is 0. The van der Waals surface area contributed by atoms with Crippen LogP contribution in [0.3, 0.4) is 0 Å². The average Bonchev–Trinajstić information content (AvgIpc) is 2.01. The largest absolute Gasteiger partial charge is 0.389 e. The fraction of sp³-hybridized carbons (Fsp3) is 0.778. The number of alkyl halides is 3. The van der Waals surface area contributed by atoms with E-state index in [1.54, 1.807) is 0 Å². The van der Waals surface area contributed by atoms with Crippen LogP contribution in [0.25, 0.3) is 0 Å². The van der Waals surface area contributed by atoms with Crippen LogP contribution in [0, 0.1) is 12.3 Å². The molecule has 0 amide bonds. The van der Waals surface area contributed by atoms with Gasteiger partial charge in [0.1, 0.15) is 0 Å². The van der Waals surface area contributed by atoms with Crippen molar-refractivity contribution in [1.82, 2.24) is 5.32 Å². The molecule has 0 unspecified atom stereocenters. The summed E-state index contributed by atoms with van der Waals surface area (Å²) in [6.07, 6.45) is 1.64. The van der Waals surface area contributed by atoms with Gasteiger partial charge in [0.2, 0.25) is 0 Å². The summed E-state index contributed by atoms with van der Waals surface area (Å²) >= 11 is 0. The zero-order chi connectivity index (χ0) is 10.2. The molecule has 0 aromatic rings. The summed E-state index contributed by atoms with van der Waals surface area (Å²) in [6, 6.07) is 0. The second-order valence-electron chi connectivity index (χ2n) is 2.78. The van der Waals surface area contributed by atoms with Gasteiger partial charge in [0.05, 0.1) is 0 Å². The summed E-state index contributed by atoms with van der Waals surface area (Å²) in [6.45, 7) is 1.29. The molecule has 0 spiro atoms. The number of hydrogen-bond acceptors (Lipinski definition) is 1. The molecule has 76 valence electrons. The third kappa shape index (κ3) is 11.3. The van der Waals surface area contributed by atoms with Crippen molar-refractivity contribution in [2.24, 2.45) is 0 Å². The van der Waals surface area contributed by atoms with Gasteiger partial charge in [0.25, 0.3) is 0 Å². The molecule has 0 rings (SSSR count). The molecule has 13 heavy (non-hydrogen) atoms. The Bertz CT molecular complexity index is 157. The molecule has 0 aliphatic carbocycles. The van der Waals surface area contributed by atoms with Crippen molar-refractivity contribution < 1.29 is 13.2 Å². The maximum Gasteiger partial charge on any atom is 0.389 e. The van der Waals surface area contributed by atoms with Crippen molar-refractivity contribution in [3.05, 3.63) is 0 Å². The van der Waals surface area contributed by atoms with Crippen LogP contribution >= 0.6 is 0 Å². The van der Waals surface area contributed by atoms with Gasteiger partial charge in [-0.15, -0.1) is 12.3 Å². The average molecular weight is 193 g/mol. The molecule has 0 aliphatic heterocycles. The minimum Gasteiger partial charge on any atom is -0.316 e. The number of hydrogen-bond donors (Lipinski definition) is 1. The van der Waals surface area contributed by atoms with Crippen LogP contribution in [-0.2, 0) is 0 Å². The highest BCUT2D eigenvalue weighted by atomic mass is 19.4. The fourth-order valence-corrected chi connectivity index (χ4v) is 0.861. The lowest BCUT2D eigenvalue weighted by atomic mass is 10.2. The Hall–Kier alpha value is -0.690. The molecular formula is C9H14F3N. The van der Waals surface area contributed by atoms with Crippen LogP contribution < -0.4 is 5.32 Å². The summed E-state index contributed by atoms with van der Waals surface area (Å²) in [5.41, 5.74) is 0. The number of terminal acetylenes is 1. The van der Waals surface area contributed by atoms with Crippen LogP contribution in [0.15, 0.2) is 0 Å². The zero-order valence-electron chi connectivity index (χ0n) is 7.45. The Kier molecular flexibility index (Phi) is 6.43. The van der Waals surface area contributed by atoms with Crippen LogP contribution in [0.2, 0.25) is 0 Å². The molecule has 0 radical (unpaired) electrons. The van der Waals surface area contributed by atoms with Crippen LogP contribution in [0.5, 0.6) is 0 Å². The first-order valence-electron chi connectivity index (χ1n) is 4.27. The second kappa shape index (κ2) is 6.79. The molecule has 1 N–H and O–H groups in total. The lowest BCUT2D eigenvalue weighted by Crippen LogP contribution is -2.17. The van der Waals surface area contributed by atoms with E-state index < -0.39 is 12.6 Å². The highest BCUT2D eigenvalue weighted by Gasteiger charge is 2.25. The van der Waals surface area contributed by atoms with Gasteiger partial charge in [-0.25, -0.2) is 0 Å². The van der Waals surface area contributed by atoms with E-state index in [1.807, 2.05) is 0 Å². The predicted molar refractivity (Wildman–Crippen MR) is 46.2 cm³/mol. The fourth-order valence-electron chi connectivity index (χ4n) is 0.861. The van der Waals surface area contributed by atoms with Crippen molar-refractivity contribution in [3.63, 3.8) is 0 Å². The Morgan fingerprint density at radius 2 is 1.85 bits per heavy atom. The van der Waals surface area contributed by atoms with Crippen molar-refractivity contribution >= 4 is 0 Å². The molecule has 0 heterocycles. The zero-order valence-corrected chi connectivity index (χ0v) is 7.45. The molecule has 0 atom stereocenters. The van der Waals surface area contributed by atoms with Crippen molar-refractivity contribution in [2.45, 2.75) is 31.9 Å². The lowest BCUT2D eigenvalue weighted by Gasteiger charge is -2.05. The van der Waals surface area contributed by atoms with E-state index in [0.29, 0.717) is 25.9 Å². The molecule has 0 aromatic carbocycles. The number of halogens is 3. The second-order valence-corrected chi connectivity index (χ2v) is 2.78. The Morgan fingerprint density at radius 3 is 2.38 bits per heavy atom. The molecule has 0 saturated carbocycles. The van der Waals surface area contributed by atoms with Gasteiger partial charge >= 0.3 is 6.18 Å². The van der Waals surface area contributed by atoms with E-state index >= 15 is 0 Å². The Balaban J connectivity index is 3.05.